The number of rotatable bonds is 1. The summed E-state index contributed by atoms with van der Waals surface area (Å²) in [4.78, 5) is 10.6. The van der Waals surface area contributed by atoms with Crippen LogP contribution in [-0.2, 0) is 0 Å². The van der Waals surface area contributed by atoms with Crippen LogP contribution in [0.1, 0.15) is 19.3 Å². The second-order valence-electron chi connectivity index (χ2n) is 4.26. The first-order valence-electron chi connectivity index (χ1n) is 5.18. The molecule has 2 unspecified atom stereocenters. The Labute approximate surface area is 83.1 Å². The van der Waals surface area contributed by atoms with Crippen molar-refractivity contribution in [3.8, 4) is 0 Å². The molecule has 1 aromatic heterocycles. The third-order valence-electron chi connectivity index (χ3n) is 3.36. The molecule has 2 N–H and O–H groups in total. The van der Waals surface area contributed by atoms with E-state index in [0.29, 0.717) is 12.0 Å². The first-order valence-corrected chi connectivity index (χ1v) is 5.18. The number of nitrogen functional groups attached to an aromatic ring is 1. The molecular formula is C10H14N4. The molecule has 4 heteroatoms. The maximum Gasteiger partial charge on any atom is 0.221 e. The third-order valence-corrected chi connectivity index (χ3v) is 3.36. The zero-order chi connectivity index (χ0) is 9.54. The van der Waals surface area contributed by atoms with Crippen molar-refractivity contribution in [2.24, 2.45) is 5.92 Å². The Balaban J connectivity index is 1.89. The molecule has 2 heterocycles. The van der Waals surface area contributed by atoms with Crippen LogP contribution < -0.4 is 10.6 Å². The fourth-order valence-corrected chi connectivity index (χ4v) is 2.73. The number of anilines is 2. The van der Waals surface area contributed by atoms with Crippen LogP contribution in [0.5, 0.6) is 0 Å². The Bertz CT molecular complexity index is 352. The Morgan fingerprint density at radius 3 is 3.00 bits per heavy atom. The number of fused-ring (bicyclic) bond motifs is 2. The average Bonchev–Trinajstić information content (AvgIpc) is 2.78. The van der Waals surface area contributed by atoms with Gasteiger partial charge in [-0.05, 0) is 31.2 Å². The van der Waals surface area contributed by atoms with Crippen LogP contribution in [0.3, 0.4) is 0 Å². The highest BCUT2D eigenvalue weighted by Gasteiger charge is 2.38. The van der Waals surface area contributed by atoms with Crippen LogP contribution >= 0.6 is 0 Å². The van der Waals surface area contributed by atoms with Crippen molar-refractivity contribution >= 4 is 11.8 Å². The third kappa shape index (κ3) is 1.14. The summed E-state index contributed by atoms with van der Waals surface area (Å²) in [6, 6.07) is 2.66. The van der Waals surface area contributed by atoms with Gasteiger partial charge in [-0.2, -0.15) is 4.98 Å². The molecule has 2 bridgehead atoms. The van der Waals surface area contributed by atoms with Gasteiger partial charge in [0, 0.05) is 18.8 Å². The molecule has 1 aliphatic carbocycles. The molecule has 0 radical (unpaired) electrons. The summed E-state index contributed by atoms with van der Waals surface area (Å²) < 4.78 is 0. The second-order valence-corrected chi connectivity index (χ2v) is 4.26. The lowest BCUT2D eigenvalue weighted by atomic mass is 10.1. The van der Waals surface area contributed by atoms with E-state index < -0.39 is 0 Å². The smallest absolute Gasteiger partial charge is 0.221 e. The van der Waals surface area contributed by atoms with Crippen LogP contribution in [0.2, 0.25) is 0 Å². The van der Waals surface area contributed by atoms with Crippen LogP contribution in [0.25, 0.3) is 0 Å². The molecule has 1 aromatic rings. The maximum absolute atomic E-state index is 5.58. The fraction of sp³-hybridized carbons (Fsp3) is 0.600. The first kappa shape index (κ1) is 8.03. The standard InChI is InChI=1S/C10H14N4/c11-10-12-4-3-9(13-10)14-6-7-1-2-8(14)5-7/h3-4,7-8H,1-2,5-6H2,(H2,11,12,13). The predicted octanol–water partition coefficient (Wildman–Crippen LogP) is 1.05. The summed E-state index contributed by atoms with van der Waals surface area (Å²) in [5.41, 5.74) is 5.58. The van der Waals surface area contributed by atoms with E-state index in [1.807, 2.05) is 6.07 Å². The topological polar surface area (TPSA) is 55.0 Å². The van der Waals surface area contributed by atoms with E-state index in [0.717, 1.165) is 18.3 Å². The van der Waals surface area contributed by atoms with E-state index in [-0.39, 0.29) is 0 Å². The Kier molecular flexibility index (Phi) is 1.63. The lowest BCUT2D eigenvalue weighted by molar-refractivity contribution is 0.550. The molecule has 2 aliphatic rings. The van der Waals surface area contributed by atoms with Crippen molar-refractivity contribution in [3.63, 3.8) is 0 Å². The fourth-order valence-electron chi connectivity index (χ4n) is 2.73. The quantitative estimate of drug-likeness (QED) is 0.719. The zero-order valence-electron chi connectivity index (χ0n) is 8.06. The molecule has 2 fully saturated rings. The minimum absolute atomic E-state index is 0.380. The lowest BCUT2D eigenvalue weighted by Crippen LogP contribution is -2.32. The molecule has 1 aliphatic heterocycles. The summed E-state index contributed by atoms with van der Waals surface area (Å²) in [5.74, 6) is 2.27. The van der Waals surface area contributed by atoms with Gasteiger partial charge in [0.15, 0.2) is 0 Å². The molecule has 0 spiro atoms. The van der Waals surface area contributed by atoms with E-state index in [4.69, 9.17) is 5.73 Å². The van der Waals surface area contributed by atoms with Gasteiger partial charge in [0.1, 0.15) is 5.82 Å². The van der Waals surface area contributed by atoms with Crippen molar-refractivity contribution in [3.05, 3.63) is 12.3 Å². The monoisotopic (exact) mass is 190 g/mol. The van der Waals surface area contributed by atoms with Gasteiger partial charge in [-0.1, -0.05) is 0 Å². The van der Waals surface area contributed by atoms with Gasteiger partial charge in [0.25, 0.3) is 0 Å². The van der Waals surface area contributed by atoms with Gasteiger partial charge in [0.2, 0.25) is 5.95 Å². The van der Waals surface area contributed by atoms with Crippen LogP contribution in [0.4, 0.5) is 11.8 Å². The maximum atomic E-state index is 5.58. The summed E-state index contributed by atoms with van der Waals surface area (Å²) in [7, 11) is 0. The van der Waals surface area contributed by atoms with E-state index >= 15 is 0 Å². The van der Waals surface area contributed by atoms with E-state index in [2.05, 4.69) is 14.9 Å². The molecule has 1 saturated carbocycles. The first-order chi connectivity index (χ1) is 6.83. The van der Waals surface area contributed by atoms with Crippen LogP contribution in [0.15, 0.2) is 12.3 Å². The molecular weight excluding hydrogens is 176 g/mol. The highest BCUT2D eigenvalue weighted by molar-refractivity contribution is 5.44. The van der Waals surface area contributed by atoms with Gasteiger partial charge in [0.05, 0.1) is 0 Å². The molecule has 74 valence electrons. The molecule has 0 amide bonds. The van der Waals surface area contributed by atoms with Gasteiger partial charge < -0.3 is 10.6 Å². The van der Waals surface area contributed by atoms with Crippen LogP contribution in [0, 0.1) is 5.92 Å². The minimum atomic E-state index is 0.380. The number of nitrogens with zero attached hydrogens (tertiary/aromatic N) is 3. The van der Waals surface area contributed by atoms with Crippen molar-refractivity contribution in [2.75, 3.05) is 17.2 Å². The summed E-state index contributed by atoms with van der Waals surface area (Å²) in [6.45, 7) is 1.15. The molecule has 2 atom stereocenters. The second kappa shape index (κ2) is 2.83. The molecule has 0 aromatic carbocycles. The van der Waals surface area contributed by atoms with E-state index in [1.54, 1.807) is 6.20 Å². The Morgan fingerprint density at radius 2 is 2.36 bits per heavy atom. The van der Waals surface area contributed by atoms with Crippen molar-refractivity contribution in [1.29, 1.82) is 0 Å². The Morgan fingerprint density at radius 1 is 1.43 bits per heavy atom. The number of nitrogens with two attached hydrogens (primary N) is 1. The summed E-state index contributed by atoms with van der Waals surface area (Å²) in [5, 5.41) is 0. The normalized spacial score (nSPS) is 29.9. The summed E-state index contributed by atoms with van der Waals surface area (Å²) >= 11 is 0. The minimum Gasteiger partial charge on any atom is -0.368 e. The summed E-state index contributed by atoms with van der Waals surface area (Å²) in [6.07, 6.45) is 5.78. The number of hydrogen-bond donors (Lipinski definition) is 1. The molecule has 4 nitrogen and oxygen atoms in total. The molecule has 1 saturated heterocycles. The largest absolute Gasteiger partial charge is 0.368 e. The lowest BCUT2D eigenvalue weighted by Gasteiger charge is -2.27. The van der Waals surface area contributed by atoms with Gasteiger partial charge in [-0.25, -0.2) is 4.98 Å². The highest BCUT2D eigenvalue weighted by Crippen LogP contribution is 2.39. The van der Waals surface area contributed by atoms with Crippen molar-refractivity contribution < 1.29 is 0 Å². The number of piperidine rings is 1. The van der Waals surface area contributed by atoms with Gasteiger partial charge in [-0.15, -0.1) is 0 Å². The number of aromatic nitrogens is 2. The van der Waals surface area contributed by atoms with Crippen LogP contribution in [-0.4, -0.2) is 22.6 Å². The van der Waals surface area contributed by atoms with Crippen molar-refractivity contribution in [2.45, 2.75) is 25.3 Å². The van der Waals surface area contributed by atoms with E-state index in [9.17, 15) is 0 Å². The van der Waals surface area contributed by atoms with E-state index in [1.165, 1.54) is 19.3 Å². The number of hydrogen-bond acceptors (Lipinski definition) is 4. The SMILES string of the molecule is Nc1nccc(N2CC3CCC2C3)n1. The predicted molar refractivity (Wildman–Crippen MR) is 54.9 cm³/mol. The van der Waals surface area contributed by atoms with Gasteiger partial charge in [-0.3, -0.25) is 0 Å². The van der Waals surface area contributed by atoms with Crippen molar-refractivity contribution in [1.82, 2.24) is 9.97 Å². The Hall–Kier alpha value is -1.32. The highest BCUT2D eigenvalue weighted by atomic mass is 15.3. The molecule has 3 rings (SSSR count). The van der Waals surface area contributed by atoms with Gasteiger partial charge >= 0.3 is 0 Å². The molecule has 14 heavy (non-hydrogen) atoms. The zero-order valence-corrected chi connectivity index (χ0v) is 8.06. The average molecular weight is 190 g/mol.